The Morgan fingerprint density at radius 2 is 1.33 bits per heavy atom. The van der Waals surface area contributed by atoms with Crippen molar-refractivity contribution in [2.45, 2.75) is 0 Å². The molecule has 0 unspecified atom stereocenters. The monoisotopic (exact) mass is 631 g/mol. The van der Waals surface area contributed by atoms with Gasteiger partial charge in [0.15, 0.2) is 0 Å². The zero-order chi connectivity index (χ0) is 2.00. The van der Waals surface area contributed by atoms with Gasteiger partial charge in [0.1, 0.15) is 0 Å². The summed E-state index contributed by atoms with van der Waals surface area (Å²) < 4.78 is 8.39. The molecule has 0 aliphatic rings. The van der Waals surface area contributed by atoms with Crippen LogP contribution in [0.25, 0.3) is 0 Å². The van der Waals surface area contributed by atoms with Gasteiger partial charge in [-0.2, -0.15) is 0 Å². The molecule has 37 valence electrons. The second-order valence-electron chi connectivity index (χ2n) is 0. The van der Waals surface area contributed by atoms with Gasteiger partial charge in [-0.05, 0) is 0 Å². The van der Waals surface area contributed by atoms with Crippen LogP contribution in [-0.4, -0.2) is 135 Å². The van der Waals surface area contributed by atoms with Crippen LogP contribution in [0.1, 0.15) is 5.71 Å². The minimum atomic E-state index is 0. The van der Waals surface area contributed by atoms with E-state index in [0.717, 1.165) is 0 Å². The van der Waals surface area contributed by atoms with Crippen molar-refractivity contribution in [2.24, 2.45) is 0 Å². The summed E-state index contributed by atoms with van der Waals surface area (Å²) >= 11 is 0.0556. The van der Waals surface area contributed by atoms with Crippen molar-refractivity contribution in [3.8, 4) is 0 Å². The molecule has 0 spiro atoms. The molecule has 0 bridgehead atoms. The van der Waals surface area contributed by atoms with E-state index in [0.29, 0.717) is 0 Å². The van der Waals surface area contributed by atoms with Crippen LogP contribution in [0.4, 0.5) is 0 Å². The molecule has 6 heteroatoms. The van der Waals surface area contributed by atoms with Gasteiger partial charge < -0.3 is 5.71 Å². The minimum absolute atomic E-state index is 0. The average molecular weight is 630 g/mol. The van der Waals surface area contributed by atoms with Gasteiger partial charge in [0, 0.05) is 17.1 Å². The van der Waals surface area contributed by atoms with E-state index in [-0.39, 0.29) is 158 Å². The van der Waals surface area contributed by atoms with E-state index in [1.807, 2.05) is 0 Å². The molecule has 0 aromatic carbocycles. The quantitative estimate of drug-likeness (QED) is 0.284. The Bertz CT molecular complexity index is 25.2. The average Bonchev–Trinajstić information content (AvgIpc) is 1.00. The molecule has 0 amide bonds. The first-order valence-corrected chi connectivity index (χ1v) is 1.79. The third kappa shape index (κ3) is 23.2. The van der Waals surface area contributed by atoms with Crippen LogP contribution < -0.4 is 0 Å². The summed E-state index contributed by atoms with van der Waals surface area (Å²) in [6.07, 6.45) is 0. The van der Waals surface area contributed by atoms with Gasteiger partial charge >= 0.3 is 138 Å². The molecular weight excluding hydrogens is 623 g/mol. The van der Waals surface area contributed by atoms with Gasteiger partial charge in [-0.3, -0.25) is 0 Å². The molecule has 6 heavy (non-hydrogen) atoms. The molecule has 0 atom stereocenters. The summed E-state index contributed by atoms with van der Waals surface area (Å²) in [6, 6.07) is 0. The second kappa shape index (κ2) is 32.8. The van der Waals surface area contributed by atoms with Crippen LogP contribution in [0.5, 0.6) is 0 Å². The fraction of sp³-hybridized carbons (Fsp3) is 0. The smallest absolute Gasteiger partial charge is 2.00 e. The van der Waals surface area contributed by atoms with Crippen molar-refractivity contribution in [3.05, 3.63) is 0 Å². The molecule has 0 saturated carbocycles. The van der Waals surface area contributed by atoms with E-state index in [2.05, 4.69) is 0 Å². The Kier molecular flexibility index (Phi) is 168. The third-order valence-electron chi connectivity index (χ3n) is 0. The largest absolute Gasteiger partial charge is 2.00 e. The number of rotatable bonds is 0. The zero-order valence-electron chi connectivity index (χ0n) is 7.33. The fourth-order valence-corrected chi connectivity index (χ4v) is 0. The molecule has 3 radical (unpaired) electrons. The van der Waals surface area contributed by atoms with E-state index in [1.54, 1.807) is 0 Å². The SMILES string of the molecule is [Ca+2].[Cu].[H-].[H-].[H-].[H-].[O]=[BiH].[PbH2].[Sr+2]. The van der Waals surface area contributed by atoms with Crippen molar-refractivity contribution >= 4 is 135 Å². The van der Waals surface area contributed by atoms with Gasteiger partial charge in [0.2, 0.25) is 0 Å². The van der Waals surface area contributed by atoms with Crippen LogP contribution >= 0.6 is 0 Å². The molecule has 0 aromatic rings. The van der Waals surface area contributed by atoms with Crippen LogP contribution in [0, 0.1) is 0 Å². The Labute approximate surface area is 156 Å². The van der Waals surface area contributed by atoms with E-state index in [4.69, 9.17) is 2.81 Å². The van der Waals surface area contributed by atoms with Crippen molar-refractivity contribution in [3.63, 3.8) is 0 Å². The van der Waals surface area contributed by atoms with Gasteiger partial charge in [0.25, 0.3) is 0 Å². The molecule has 0 aliphatic heterocycles. The molecule has 0 N–H and O–H groups in total. The van der Waals surface area contributed by atoms with Gasteiger partial charge in [-0.1, -0.05) is 0 Å². The van der Waals surface area contributed by atoms with Crippen molar-refractivity contribution < 1.29 is 25.6 Å². The van der Waals surface area contributed by atoms with E-state index < -0.39 is 0 Å². The molecule has 0 rings (SSSR count). The fourth-order valence-electron chi connectivity index (χ4n) is 0. The summed E-state index contributed by atoms with van der Waals surface area (Å²) in [5.74, 6) is 0. The summed E-state index contributed by atoms with van der Waals surface area (Å²) in [7, 11) is 0. The molecular formula is H7BiCaCuOPbSr. The van der Waals surface area contributed by atoms with Crippen LogP contribution in [0.15, 0.2) is 0 Å². The van der Waals surface area contributed by atoms with E-state index in [9.17, 15) is 0 Å². The Balaban J connectivity index is -0.000000000179. The van der Waals surface area contributed by atoms with Crippen molar-refractivity contribution in [1.82, 2.24) is 0 Å². The van der Waals surface area contributed by atoms with E-state index in [1.165, 1.54) is 0 Å². The van der Waals surface area contributed by atoms with Crippen LogP contribution in [0.3, 0.4) is 0 Å². The maximum atomic E-state index is 8.39. The summed E-state index contributed by atoms with van der Waals surface area (Å²) in [4.78, 5) is 0. The van der Waals surface area contributed by atoms with Gasteiger partial charge in [-0.25, -0.2) is 0 Å². The molecule has 0 fully saturated rings. The summed E-state index contributed by atoms with van der Waals surface area (Å²) in [5.41, 5.74) is 0. The van der Waals surface area contributed by atoms with Crippen LogP contribution in [0.2, 0.25) is 0 Å². The van der Waals surface area contributed by atoms with Crippen LogP contribution in [-0.2, 0) is 19.9 Å². The predicted molar refractivity (Wildman–Crippen MR) is 32.3 cm³/mol. The Morgan fingerprint density at radius 1 is 1.33 bits per heavy atom. The molecule has 0 saturated heterocycles. The third-order valence-corrected chi connectivity index (χ3v) is 0. The first kappa shape index (κ1) is 30.7. The van der Waals surface area contributed by atoms with Gasteiger partial charge in [0.05, 0.1) is 0 Å². The molecule has 0 heterocycles. The molecule has 0 aliphatic carbocycles. The van der Waals surface area contributed by atoms with Crippen molar-refractivity contribution in [2.75, 3.05) is 0 Å². The summed E-state index contributed by atoms with van der Waals surface area (Å²) in [6.45, 7) is 0. The number of hydrogen-bond donors (Lipinski definition) is 0. The summed E-state index contributed by atoms with van der Waals surface area (Å²) in [5, 5.41) is 0. The minimum Gasteiger partial charge on any atom is 2.00 e. The zero-order valence-corrected chi connectivity index (χ0v) is 19.3. The number of hydrogen-bond acceptors (Lipinski definition) is 1. The maximum absolute atomic E-state index is 8.39. The Hall–Kier alpha value is 4.86. The van der Waals surface area contributed by atoms with E-state index >= 15 is 0 Å². The molecule has 1 nitrogen and oxygen atoms in total. The normalized spacial score (nSPS) is 0.667. The Morgan fingerprint density at radius 3 is 1.33 bits per heavy atom. The maximum Gasteiger partial charge on any atom is 2.00 e. The first-order valence-electron chi connectivity index (χ1n) is 0.204. The van der Waals surface area contributed by atoms with Gasteiger partial charge in [-0.15, -0.1) is 0 Å². The van der Waals surface area contributed by atoms with Crippen molar-refractivity contribution in [1.29, 1.82) is 0 Å². The predicted octanol–water partition coefficient (Wildman–Crippen LogP) is -2.00. The topological polar surface area (TPSA) is 17.1 Å². The standard InChI is InChI=1S/Bi.Ca.Cu.O.Pb.Sr.7H/q;+2;;;;+2;;;;4*-1. The second-order valence-corrected chi connectivity index (χ2v) is 0. The first-order chi connectivity index (χ1) is 1.00. The molecule has 0 aromatic heterocycles.